The Morgan fingerprint density at radius 3 is 2.62 bits per heavy atom. The van der Waals surface area contributed by atoms with Crippen molar-refractivity contribution in [3.05, 3.63) is 56.8 Å². The lowest BCUT2D eigenvalue weighted by Gasteiger charge is -2.31. The number of benzene rings is 1. The van der Waals surface area contributed by atoms with Crippen LogP contribution in [0.4, 0.5) is 0 Å². The molecule has 0 aliphatic carbocycles. The molecule has 2 aliphatic rings. The number of hydrogen-bond acceptors (Lipinski definition) is 5. The number of allylic oxidation sites excluding steroid dienone is 2. The fourth-order valence-corrected chi connectivity index (χ4v) is 4.06. The van der Waals surface area contributed by atoms with Crippen LogP contribution >= 0.6 is 23.4 Å². The van der Waals surface area contributed by atoms with Crippen LogP contribution in [0.25, 0.3) is 0 Å². The van der Waals surface area contributed by atoms with Crippen LogP contribution < -0.4 is 5.73 Å². The molecule has 104 valence electrons. The first-order valence-electron chi connectivity index (χ1n) is 6.37. The third-order valence-corrected chi connectivity index (χ3v) is 5.08. The van der Waals surface area contributed by atoms with Gasteiger partial charge in [0.25, 0.3) is 0 Å². The van der Waals surface area contributed by atoms with E-state index in [2.05, 4.69) is 12.1 Å². The van der Waals surface area contributed by atoms with Crippen LogP contribution in [-0.4, -0.2) is 17.2 Å². The number of hydrogen-bond donors (Lipinski definition) is 1. The van der Waals surface area contributed by atoms with E-state index in [0.29, 0.717) is 22.0 Å². The van der Waals surface area contributed by atoms with Gasteiger partial charge in [0.1, 0.15) is 5.82 Å². The molecule has 6 heteroatoms. The molecule has 0 saturated carbocycles. The molecule has 2 aliphatic heterocycles. The maximum absolute atomic E-state index is 9.60. The van der Waals surface area contributed by atoms with Crippen molar-refractivity contribution >= 4 is 23.4 Å². The molecule has 2 N–H and O–H groups in total. The average molecular weight is 315 g/mol. The van der Waals surface area contributed by atoms with Gasteiger partial charge in [0.2, 0.25) is 0 Å². The van der Waals surface area contributed by atoms with E-state index < -0.39 is 5.92 Å². The van der Waals surface area contributed by atoms with Crippen LogP contribution in [0.15, 0.2) is 46.3 Å². The smallest absolute Gasteiger partial charge is 0.119 e. The topological polar surface area (TPSA) is 76.8 Å². The average Bonchev–Trinajstić information content (AvgIpc) is 2.97. The summed E-state index contributed by atoms with van der Waals surface area (Å²) in [6, 6.07) is 11.7. The number of nitriles is 2. The zero-order valence-corrected chi connectivity index (χ0v) is 12.6. The van der Waals surface area contributed by atoms with Crippen LogP contribution in [0.2, 0.25) is 5.02 Å². The number of thioether (sulfide) groups is 1. The maximum Gasteiger partial charge on any atom is 0.119 e. The van der Waals surface area contributed by atoms with Crippen molar-refractivity contribution in [3.63, 3.8) is 0 Å². The van der Waals surface area contributed by atoms with Crippen molar-refractivity contribution in [2.45, 2.75) is 5.92 Å². The number of nitrogens with two attached hydrogens (primary N) is 1. The predicted octanol–water partition coefficient (Wildman–Crippen LogP) is 2.92. The second-order valence-electron chi connectivity index (χ2n) is 4.70. The van der Waals surface area contributed by atoms with Crippen LogP contribution in [0.5, 0.6) is 0 Å². The number of fused-ring (bicyclic) bond motifs is 1. The first-order valence-corrected chi connectivity index (χ1v) is 7.74. The van der Waals surface area contributed by atoms with Crippen LogP contribution in [0, 0.1) is 22.7 Å². The normalized spacial score (nSPS) is 21.1. The summed E-state index contributed by atoms with van der Waals surface area (Å²) < 4.78 is 0. The summed E-state index contributed by atoms with van der Waals surface area (Å²) in [5.41, 5.74) is 7.84. The van der Waals surface area contributed by atoms with Crippen molar-refractivity contribution in [1.29, 1.82) is 10.5 Å². The van der Waals surface area contributed by atoms with E-state index in [0.717, 1.165) is 22.9 Å². The molecular formula is C15H11ClN4S. The Morgan fingerprint density at radius 2 is 1.95 bits per heavy atom. The maximum atomic E-state index is 9.60. The summed E-state index contributed by atoms with van der Waals surface area (Å²) >= 11 is 7.86. The van der Waals surface area contributed by atoms with E-state index in [1.165, 1.54) is 0 Å². The van der Waals surface area contributed by atoms with Gasteiger partial charge in [-0.3, -0.25) is 0 Å². The van der Waals surface area contributed by atoms with Gasteiger partial charge < -0.3 is 10.6 Å². The van der Waals surface area contributed by atoms with Crippen LogP contribution in [-0.2, 0) is 0 Å². The molecular weight excluding hydrogens is 304 g/mol. The van der Waals surface area contributed by atoms with Crippen molar-refractivity contribution in [2.24, 2.45) is 5.73 Å². The Morgan fingerprint density at radius 1 is 1.24 bits per heavy atom. The van der Waals surface area contributed by atoms with Gasteiger partial charge in [0, 0.05) is 17.3 Å². The number of nitrogens with zero attached hydrogens (tertiary/aromatic N) is 3. The molecule has 1 saturated heterocycles. The molecule has 4 nitrogen and oxygen atoms in total. The van der Waals surface area contributed by atoms with Gasteiger partial charge >= 0.3 is 0 Å². The van der Waals surface area contributed by atoms with Gasteiger partial charge in [0.15, 0.2) is 0 Å². The Bertz CT molecular complexity index is 754. The fourth-order valence-electron chi connectivity index (χ4n) is 2.68. The highest BCUT2D eigenvalue weighted by Crippen LogP contribution is 2.47. The zero-order valence-electron chi connectivity index (χ0n) is 11.0. The van der Waals surface area contributed by atoms with Crippen LogP contribution in [0.1, 0.15) is 11.5 Å². The molecule has 1 atom stereocenters. The van der Waals surface area contributed by atoms with Gasteiger partial charge in [-0.1, -0.05) is 29.8 Å². The minimum absolute atomic E-state index is 0.394. The van der Waals surface area contributed by atoms with Crippen molar-refractivity contribution in [2.75, 3.05) is 12.3 Å². The standard InChI is InChI=1S/C15H11ClN4S/c16-12-4-2-1-3-9(12)13-10(7-17)14(19)20-5-6-21-15(20)11(13)8-18/h1-4,13H,5-6,19H2. The minimum Gasteiger partial charge on any atom is -0.384 e. The van der Waals surface area contributed by atoms with E-state index in [1.807, 2.05) is 23.1 Å². The summed E-state index contributed by atoms with van der Waals surface area (Å²) in [6.45, 7) is 0.720. The molecule has 3 rings (SSSR count). The lowest BCUT2D eigenvalue weighted by Crippen LogP contribution is -2.31. The molecule has 1 fully saturated rings. The molecule has 1 aromatic rings. The Kier molecular flexibility index (Phi) is 3.55. The van der Waals surface area contributed by atoms with Crippen molar-refractivity contribution < 1.29 is 0 Å². The van der Waals surface area contributed by atoms with Crippen molar-refractivity contribution in [3.8, 4) is 12.1 Å². The zero-order chi connectivity index (χ0) is 15.0. The van der Waals surface area contributed by atoms with Gasteiger partial charge in [-0.15, -0.1) is 11.8 Å². The predicted molar refractivity (Wildman–Crippen MR) is 82.8 cm³/mol. The molecule has 0 bridgehead atoms. The summed E-state index contributed by atoms with van der Waals surface area (Å²) in [4.78, 5) is 1.86. The highest BCUT2D eigenvalue weighted by Gasteiger charge is 2.38. The molecule has 0 amide bonds. The largest absolute Gasteiger partial charge is 0.384 e. The molecule has 2 heterocycles. The number of rotatable bonds is 1. The first kappa shape index (κ1) is 13.9. The van der Waals surface area contributed by atoms with E-state index in [4.69, 9.17) is 17.3 Å². The lowest BCUT2D eigenvalue weighted by atomic mass is 9.83. The Hall–Kier alpha value is -2.08. The number of halogens is 1. The van der Waals surface area contributed by atoms with Gasteiger partial charge in [-0.05, 0) is 11.6 Å². The summed E-state index contributed by atoms with van der Waals surface area (Å²) in [6.07, 6.45) is 0. The van der Waals surface area contributed by atoms with Gasteiger partial charge in [-0.2, -0.15) is 10.5 Å². The third kappa shape index (κ3) is 2.06. The summed E-state index contributed by atoms with van der Waals surface area (Å²) in [5, 5.41) is 20.5. The second-order valence-corrected chi connectivity index (χ2v) is 6.19. The fraction of sp³-hybridized carbons (Fsp3) is 0.200. The summed E-state index contributed by atoms with van der Waals surface area (Å²) in [5.74, 6) is 0.807. The van der Waals surface area contributed by atoms with E-state index in [9.17, 15) is 10.5 Å². The lowest BCUT2D eigenvalue weighted by molar-refractivity contribution is 0.469. The molecule has 1 unspecified atom stereocenters. The molecule has 0 radical (unpaired) electrons. The third-order valence-electron chi connectivity index (χ3n) is 3.63. The Balaban J connectivity index is 2.26. The Labute approximate surface area is 132 Å². The molecule has 0 spiro atoms. The molecule has 0 aromatic heterocycles. The minimum atomic E-state index is -0.481. The monoisotopic (exact) mass is 314 g/mol. The van der Waals surface area contributed by atoms with Gasteiger partial charge in [0.05, 0.1) is 34.2 Å². The van der Waals surface area contributed by atoms with E-state index in [-0.39, 0.29) is 0 Å². The first-order chi connectivity index (χ1) is 10.2. The molecule has 1 aromatic carbocycles. The van der Waals surface area contributed by atoms with Crippen molar-refractivity contribution in [1.82, 2.24) is 4.90 Å². The second kappa shape index (κ2) is 5.37. The quantitative estimate of drug-likeness (QED) is 0.862. The van der Waals surface area contributed by atoms with E-state index >= 15 is 0 Å². The van der Waals surface area contributed by atoms with Gasteiger partial charge in [-0.25, -0.2) is 0 Å². The van der Waals surface area contributed by atoms with E-state index in [1.54, 1.807) is 17.8 Å². The summed E-state index contributed by atoms with van der Waals surface area (Å²) in [7, 11) is 0. The SMILES string of the molecule is N#CC1=C(N)N2CCSC2=C(C#N)C1c1ccccc1Cl. The highest BCUT2D eigenvalue weighted by molar-refractivity contribution is 8.03. The highest BCUT2D eigenvalue weighted by atomic mass is 35.5. The van der Waals surface area contributed by atoms with Crippen LogP contribution in [0.3, 0.4) is 0 Å². The molecule has 21 heavy (non-hydrogen) atoms.